The van der Waals surface area contributed by atoms with E-state index in [1.54, 1.807) is 0 Å². The largest absolute Gasteiger partial charge is 0.406 e. The summed E-state index contributed by atoms with van der Waals surface area (Å²) in [4.78, 5) is 0. The van der Waals surface area contributed by atoms with Crippen LogP contribution in [0.3, 0.4) is 0 Å². The zero-order valence-electron chi connectivity index (χ0n) is 16.2. The third-order valence-electron chi connectivity index (χ3n) is 5.49. The molecule has 0 unspecified atom stereocenters. The molecule has 26 heavy (non-hydrogen) atoms. The van der Waals surface area contributed by atoms with Gasteiger partial charge in [0.2, 0.25) is 0 Å². The Bertz CT molecular complexity index is 654. The van der Waals surface area contributed by atoms with Crippen molar-refractivity contribution in [1.29, 1.82) is 0 Å². The lowest BCUT2D eigenvalue weighted by Gasteiger charge is -2.43. The van der Waals surface area contributed by atoms with Crippen molar-refractivity contribution in [3.63, 3.8) is 0 Å². The molecule has 0 amide bonds. The lowest BCUT2D eigenvalue weighted by atomic mass is 10.2. The van der Waals surface area contributed by atoms with Crippen molar-refractivity contribution < 1.29 is 9.53 Å². The van der Waals surface area contributed by atoms with E-state index in [1.807, 2.05) is 0 Å². The Labute approximate surface area is 158 Å². The van der Waals surface area contributed by atoms with Crippen LogP contribution in [0, 0.1) is 0 Å². The zero-order chi connectivity index (χ0) is 18.7. The molecule has 2 aromatic rings. The third kappa shape index (κ3) is 3.79. The molecule has 0 atom stereocenters. The molecule has 1 aliphatic rings. The third-order valence-corrected chi connectivity index (χ3v) is 10.5. The van der Waals surface area contributed by atoms with Gasteiger partial charge in [0.15, 0.2) is 0 Å². The van der Waals surface area contributed by atoms with Crippen LogP contribution >= 0.6 is 0 Å². The summed E-state index contributed by atoms with van der Waals surface area (Å²) in [5.74, 6) is 0. The van der Waals surface area contributed by atoms with Gasteiger partial charge in [0, 0.05) is 18.7 Å². The van der Waals surface area contributed by atoms with E-state index in [-0.39, 0.29) is 17.2 Å². The average molecular weight is 370 g/mol. The highest BCUT2D eigenvalue weighted by Crippen LogP contribution is 2.37. The van der Waals surface area contributed by atoms with Crippen LogP contribution in [-0.4, -0.2) is 38.7 Å². The minimum Gasteiger partial charge on any atom is -0.406 e. The van der Waals surface area contributed by atoms with E-state index >= 15 is 0 Å². The lowest BCUT2D eigenvalue weighted by Crippen LogP contribution is -2.67. The Balaban J connectivity index is 1.90. The Morgan fingerprint density at radius 2 is 1.46 bits per heavy atom. The van der Waals surface area contributed by atoms with Crippen LogP contribution in [0.4, 0.5) is 0 Å². The summed E-state index contributed by atoms with van der Waals surface area (Å²) < 4.78 is 6.83. The molecule has 0 spiro atoms. The molecular formula is C22H31NO2Si. The highest BCUT2D eigenvalue weighted by atomic mass is 28.4. The fourth-order valence-electron chi connectivity index (χ4n) is 3.82. The minimum absolute atomic E-state index is 0.00392. The van der Waals surface area contributed by atoms with Crippen LogP contribution in [0.25, 0.3) is 0 Å². The van der Waals surface area contributed by atoms with E-state index in [9.17, 15) is 5.11 Å². The fourth-order valence-corrected chi connectivity index (χ4v) is 8.39. The molecule has 4 heteroatoms. The smallest absolute Gasteiger partial charge is 0.261 e. The monoisotopic (exact) mass is 369 g/mol. The first-order chi connectivity index (χ1) is 12.4. The second kappa shape index (κ2) is 7.65. The van der Waals surface area contributed by atoms with Gasteiger partial charge >= 0.3 is 0 Å². The van der Waals surface area contributed by atoms with E-state index < -0.39 is 8.32 Å². The van der Waals surface area contributed by atoms with E-state index in [4.69, 9.17) is 4.43 Å². The minimum atomic E-state index is -2.44. The van der Waals surface area contributed by atoms with Crippen LogP contribution in [0.1, 0.15) is 33.6 Å². The first-order valence-corrected chi connectivity index (χ1v) is 11.5. The molecule has 3 rings (SSSR count). The predicted molar refractivity (Wildman–Crippen MR) is 111 cm³/mol. The summed E-state index contributed by atoms with van der Waals surface area (Å²) in [6.45, 7) is 8.51. The molecule has 0 aromatic heterocycles. The SMILES string of the molecule is CC(C)(C)[Si](OCCNC1(CO)CC1)(c1ccccc1)c1ccccc1. The van der Waals surface area contributed by atoms with E-state index in [1.165, 1.54) is 10.4 Å². The average Bonchev–Trinajstić information content (AvgIpc) is 3.43. The first kappa shape index (κ1) is 19.3. The maximum atomic E-state index is 9.51. The molecule has 1 aliphatic carbocycles. The van der Waals surface area contributed by atoms with Crippen LogP contribution in [0.5, 0.6) is 0 Å². The number of hydrogen-bond donors (Lipinski definition) is 2. The lowest BCUT2D eigenvalue weighted by molar-refractivity contribution is 0.217. The van der Waals surface area contributed by atoms with Crippen molar-refractivity contribution in [1.82, 2.24) is 5.32 Å². The summed E-state index contributed by atoms with van der Waals surface area (Å²) in [5, 5.41) is 15.6. The number of benzene rings is 2. The summed E-state index contributed by atoms with van der Waals surface area (Å²) in [7, 11) is -2.44. The number of nitrogens with one attached hydrogen (secondary N) is 1. The van der Waals surface area contributed by atoms with Gasteiger partial charge in [0.25, 0.3) is 8.32 Å². The van der Waals surface area contributed by atoms with Crippen molar-refractivity contribution in [3.8, 4) is 0 Å². The number of hydrogen-bond acceptors (Lipinski definition) is 3. The van der Waals surface area contributed by atoms with Gasteiger partial charge in [-0.25, -0.2) is 0 Å². The summed E-state index contributed by atoms with van der Waals surface area (Å²) in [6, 6.07) is 21.4. The normalized spacial score (nSPS) is 16.5. The maximum absolute atomic E-state index is 9.51. The Kier molecular flexibility index (Phi) is 5.68. The summed E-state index contributed by atoms with van der Waals surface area (Å²) in [6.07, 6.45) is 2.12. The van der Waals surface area contributed by atoms with E-state index in [2.05, 4.69) is 86.8 Å². The molecule has 140 valence electrons. The van der Waals surface area contributed by atoms with Gasteiger partial charge in [0.1, 0.15) is 0 Å². The maximum Gasteiger partial charge on any atom is 0.261 e. The topological polar surface area (TPSA) is 41.5 Å². The van der Waals surface area contributed by atoms with Gasteiger partial charge in [-0.15, -0.1) is 0 Å². The standard InChI is InChI=1S/C22H31NO2Si/c1-21(2,3)26(19-10-6-4-7-11-19,20-12-8-5-9-13-20)25-17-16-23-22(18-24)14-15-22/h4-13,23-24H,14-18H2,1-3H3. The zero-order valence-corrected chi connectivity index (χ0v) is 17.2. The van der Waals surface area contributed by atoms with Crippen molar-refractivity contribution in [2.45, 2.75) is 44.2 Å². The summed E-state index contributed by atoms with van der Waals surface area (Å²) in [5.41, 5.74) is -0.0468. The van der Waals surface area contributed by atoms with Gasteiger partial charge in [-0.1, -0.05) is 81.4 Å². The van der Waals surface area contributed by atoms with Gasteiger partial charge < -0.3 is 14.8 Å². The van der Waals surface area contributed by atoms with Gasteiger partial charge in [-0.05, 0) is 28.3 Å². The molecule has 0 saturated heterocycles. The van der Waals surface area contributed by atoms with E-state index in [0.29, 0.717) is 6.61 Å². The van der Waals surface area contributed by atoms with E-state index in [0.717, 1.165) is 19.4 Å². The van der Waals surface area contributed by atoms with Gasteiger partial charge in [0.05, 0.1) is 6.61 Å². The van der Waals surface area contributed by atoms with Gasteiger partial charge in [-0.2, -0.15) is 0 Å². The van der Waals surface area contributed by atoms with Crippen LogP contribution < -0.4 is 15.7 Å². The molecule has 1 fully saturated rings. The molecule has 0 aliphatic heterocycles. The molecule has 3 nitrogen and oxygen atoms in total. The number of aliphatic hydroxyl groups is 1. The van der Waals surface area contributed by atoms with Crippen LogP contribution in [0.2, 0.25) is 5.04 Å². The summed E-state index contributed by atoms with van der Waals surface area (Å²) >= 11 is 0. The highest BCUT2D eigenvalue weighted by Gasteiger charge is 2.50. The Hall–Kier alpha value is -1.46. The van der Waals surface area contributed by atoms with Gasteiger partial charge in [-0.3, -0.25) is 0 Å². The highest BCUT2D eigenvalue weighted by molar-refractivity contribution is 6.99. The predicted octanol–water partition coefficient (Wildman–Crippen LogP) is 2.68. The van der Waals surface area contributed by atoms with Crippen molar-refractivity contribution >= 4 is 18.7 Å². The Morgan fingerprint density at radius 1 is 0.962 bits per heavy atom. The molecule has 0 heterocycles. The fraction of sp³-hybridized carbons (Fsp3) is 0.455. The molecular weight excluding hydrogens is 338 g/mol. The number of rotatable bonds is 8. The molecule has 0 bridgehead atoms. The quantitative estimate of drug-likeness (QED) is 0.555. The van der Waals surface area contributed by atoms with Crippen molar-refractivity contribution in [3.05, 3.63) is 60.7 Å². The second-order valence-electron chi connectivity index (χ2n) is 8.38. The molecule has 1 saturated carbocycles. The molecule has 2 N–H and O–H groups in total. The van der Waals surface area contributed by atoms with Crippen LogP contribution in [0.15, 0.2) is 60.7 Å². The Morgan fingerprint density at radius 3 is 1.85 bits per heavy atom. The molecule has 0 radical (unpaired) electrons. The van der Waals surface area contributed by atoms with Crippen LogP contribution in [-0.2, 0) is 4.43 Å². The molecule has 2 aromatic carbocycles. The number of aliphatic hydroxyl groups excluding tert-OH is 1. The van der Waals surface area contributed by atoms with Crippen molar-refractivity contribution in [2.75, 3.05) is 19.8 Å². The van der Waals surface area contributed by atoms with Crippen molar-refractivity contribution in [2.24, 2.45) is 0 Å². The first-order valence-electron chi connectivity index (χ1n) is 9.54. The second-order valence-corrected chi connectivity index (χ2v) is 12.7.